The Labute approximate surface area is 159 Å². The lowest BCUT2D eigenvalue weighted by Crippen LogP contribution is -2.38. The summed E-state index contributed by atoms with van der Waals surface area (Å²) in [4.78, 5) is 12.5. The Balaban J connectivity index is 1.38. The molecule has 1 aliphatic carbocycles. The van der Waals surface area contributed by atoms with Crippen LogP contribution in [0.15, 0.2) is 67.0 Å². The quantitative estimate of drug-likeness (QED) is 0.727. The number of fused-ring (bicyclic) bond motifs is 1. The van der Waals surface area contributed by atoms with Gasteiger partial charge in [-0.15, -0.1) is 0 Å². The lowest BCUT2D eigenvalue weighted by atomic mass is 9.88. The minimum Gasteiger partial charge on any atom is -0.334 e. The van der Waals surface area contributed by atoms with E-state index in [9.17, 15) is 4.79 Å². The van der Waals surface area contributed by atoms with E-state index < -0.39 is 0 Å². The van der Waals surface area contributed by atoms with Gasteiger partial charge in [-0.1, -0.05) is 48.5 Å². The van der Waals surface area contributed by atoms with Crippen molar-refractivity contribution < 1.29 is 4.79 Å². The van der Waals surface area contributed by atoms with Gasteiger partial charge >= 0.3 is 6.03 Å². The van der Waals surface area contributed by atoms with E-state index >= 15 is 0 Å². The van der Waals surface area contributed by atoms with E-state index in [2.05, 4.69) is 46.1 Å². The fourth-order valence-corrected chi connectivity index (χ4v) is 3.74. The number of nitrogens with zero attached hydrogens (tertiary/aromatic N) is 2. The molecule has 0 fully saturated rings. The van der Waals surface area contributed by atoms with Gasteiger partial charge in [-0.3, -0.25) is 4.68 Å². The standard InChI is InChI=1S/C22H24N4O/c27-22(25-21-12-5-10-17-7-3-4-11-20(17)21)23-15-18-8-1-2-9-19(18)16-26-14-6-13-24-26/h1-4,6-9,11,13-14,21H,5,10,12,15-16H2,(H2,23,25,27). The number of aromatic nitrogens is 2. The molecule has 4 rings (SSSR count). The first-order chi connectivity index (χ1) is 13.3. The first-order valence-electron chi connectivity index (χ1n) is 9.46. The minimum atomic E-state index is -0.120. The Hall–Kier alpha value is -3.08. The van der Waals surface area contributed by atoms with Crippen LogP contribution in [0.4, 0.5) is 4.79 Å². The van der Waals surface area contributed by atoms with Crippen molar-refractivity contribution in [1.82, 2.24) is 20.4 Å². The van der Waals surface area contributed by atoms with Crippen LogP contribution in [-0.4, -0.2) is 15.8 Å². The van der Waals surface area contributed by atoms with Gasteiger partial charge in [0.25, 0.3) is 0 Å². The molecule has 138 valence electrons. The Bertz CT molecular complexity index is 904. The highest BCUT2D eigenvalue weighted by atomic mass is 16.2. The summed E-state index contributed by atoms with van der Waals surface area (Å²) >= 11 is 0. The summed E-state index contributed by atoms with van der Waals surface area (Å²) in [6.07, 6.45) is 6.90. The molecule has 1 heterocycles. The molecule has 2 amide bonds. The van der Waals surface area contributed by atoms with E-state index in [1.54, 1.807) is 6.20 Å². The first kappa shape index (κ1) is 17.3. The van der Waals surface area contributed by atoms with Crippen LogP contribution in [0.3, 0.4) is 0 Å². The molecule has 0 saturated heterocycles. The maximum atomic E-state index is 12.5. The second-order valence-electron chi connectivity index (χ2n) is 6.94. The van der Waals surface area contributed by atoms with E-state index in [0.717, 1.165) is 30.4 Å². The van der Waals surface area contributed by atoms with Crippen LogP contribution in [0, 0.1) is 0 Å². The summed E-state index contributed by atoms with van der Waals surface area (Å²) in [7, 11) is 0. The van der Waals surface area contributed by atoms with Gasteiger partial charge < -0.3 is 10.6 Å². The summed E-state index contributed by atoms with van der Waals surface area (Å²) in [5, 5.41) is 10.4. The number of urea groups is 1. The predicted octanol–water partition coefficient (Wildman–Crippen LogP) is 3.81. The van der Waals surface area contributed by atoms with Gasteiger partial charge in [0.2, 0.25) is 0 Å². The molecule has 27 heavy (non-hydrogen) atoms. The van der Waals surface area contributed by atoms with Gasteiger partial charge in [-0.2, -0.15) is 5.10 Å². The molecular weight excluding hydrogens is 336 g/mol. The predicted molar refractivity (Wildman–Crippen MR) is 105 cm³/mol. The van der Waals surface area contributed by atoms with Crippen molar-refractivity contribution in [2.75, 3.05) is 0 Å². The average molecular weight is 360 g/mol. The zero-order valence-electron chi connectivity index (χ0n) is 15.3. The Morgan fingerprint density at radius 2 is 1.89 bits per heavy atom. The number of carbonyl (C=O) groups excluding carboxylic acids is 1. The third-order valence-corrected chi connectivity index (χ3v) is 5.12. The Morgan fingerprint density at radius 1 is 1.07 bits per heavy atom. The van der Waals surface area contributed by atoms with E-state index in [0.29, 0.717) is 13.1 Å². The van der Waals surface area contributed by atoms with Crippen LogP contribution >= 0.6 is 0 Å². The maximum absolute atomic E-state index is 12.5. The number of hydrogen-bond acceptors (Lipinski definition) is 2. The topological polar surface area (TPSA) is 59.0 Å². The molecule has 0 bridgehead atoms. The smallest absolute Gasteiger partial charge is 0.315 e. The van der Waals surface area contributed by atoms with Crippen LogP contribution in [-0.2, 0) is 19.5 Å². The second-order valence-corrected chi connectivity index (χ2v) is 6.94. The van der Waals surface area contributed by atoms with Crippen molar-refractivity contribution in [3.8, 4) is 0 Å². The van der Waals surface area contributed by atoms with Crippen LogP contribution < -0.4 is 10.6 Å². The minimum absolute atomic E-state index is 0.0919. The van der Waals surface area contributed by atoms with Crippen molar-refractivity contribution in [1.29, 1.82) is 0 Å². The molecule has 0 saturated carbocycles. The van der Waals surface area contributed by atoms with Gasteiger partial charge in [0, 0.05) is 18.9 Å². The molecular formula is C22H24N4O. The molecule has 5 nitrogen and oxygen atoms in total. The lowest BCUT2D eigenvalue weighted by molar-refractivity contribution is 0.235. The van der Waals surface area contributed by atoms with Crippen LogP contribution in [0.5, 0.6) is 0 Å². The van der Waals surface area contributed by atoms with Crippen molar-refractivity contribution in [3.05, 3.63) is 89.2 Å². The number of aryl methyl sites for hydroxylation is 1. The molecule has 1 unspecified atom stereocenters. The van der Waals surface area contributed by atoms with E-state index in [1.807, 2.05) is 35.1 Å². The Kier molecular flexibility index (Phi) is 5.19. The largest absolute Gasteiger partial charge is 0.334 e. The van der Waals surface area contributed by atoms with Crippen molar-refractivity contribution in [2.45, 2.75) is 38.4 Å². The first-order valence-corrected chi connectivity index (χ1v) is 9.46. The molecule has 2 N–H and O–H groups in total. The maximum Gasteiger partial charge on any atom is 0.315 e. The zero-order valence-corrected chi connectivity index (χ0v) is 15.3. The van der Waals surface area contributed by atoms with Gasteiger partial charge in [0.15, 0.2) is 0 Å². The van der Waals surface area contributed by atoms with Gasteiger partial charge in [0.05, 0.1) is 12.6 Å². The summed E-state index contributed by atoms with van der Waals surface area (Å²) < 4.78 is 1.89. The fourth-order valence-electron chi connectivity index (χ4n) is 3.74. The van der Waals surface area contributed by atoms with Crippen molar-refractivity contribution in [2.24, 2.45) is 0 Å². The molecule has 1 atom stereocenters. The fraction of sp³-hybridized carbons (Fsp3) is 0.273. The number of rotatable bonds is 5. The lowest BCUT2D eigenvalue weighted by Gasteiger charge is -2.26. The van der Waals surface area contributed by atoms with Crippen LogP contribution in [0.1, 0.15) is 41.1 Å². The number of carbonyl (C=O) groups is 1. The monoisotopic (exact) mass is 360 g/mol. The molecule has 1 aromatic heterocycles. The third-order valence-electron chi connectivity index (χ3n) is 5.12. The number of hydrogen-bond donors (Lipinski definition) is 2. The highest BCUT2D eigenvalue weighted by molar-refractivity contribution is 5.74. The summed E-state index contributed by atoms with van der Waals surface area (Å²) in [6.45, 7) is 1.19. The molecule has 0 radical (unpaired) electrons. The van der Waals surface area contributed by atoms with E-state index in [4.69, 9.17) is 0 Å². The molecule has 2 aromatic carbocycles. The normalized spacial score (nSPS) is 15.8. The van der Waals surface area contributed by atoms with Gasteiger partial charge in [-0.25, -0.2) is 4.79 Å². The number of amides is 2. The SMILES string of the molecule is O=C(NCc1ccccc1Cn1cccn1)NC1CCCc2ccccc21. The van der Waals surface area contributed by atoms with Crippen molar-refractivity contribution in [3.63, 3.8) is 0 Å². The highest BCUT2D eigenvalue weighted by Crippen LogP contribution is 2.29. The van der Waals surface area contributed by atoms with E-state index in [-0.39, 0.29) is 12.1 Å². The molecule has 0 aliphatic heterocycles. The second kappa shape index (κ2) is 8.08. The van der Waals surface area contributed by atoms with Crippen LogP contribution in [0.2, 0.25) is 0 Å². The molecule has 1 aliphatic rings. The average Bonchev–Trinajstić information content (AvgIpc) is 3.21. The van der Waals surface area contributed by atoms with Gasteiger partial charge in [-0.05, 0) is 47.6 Å². The molecule has 0 spiro atoms. The van der Waals surface area contributed by atoms with Crippen molar-refractivity contribution >= 4 is 6.03 Å². The summed E-state index contributed by atoms with van der Waals surface area (Å²) in [5.41, 5.74) is 4.85. The van der Waals surface area contributed by atoms with Gasteiger partial charge in [0.1, 0.15) is 0 Å². The molecule has 3 aromatic rings. The summed E-state index contributed by atoms with van der Waals surface area (Å²) in [6, 6.07) is 18.4. The molecule has 5 heteroatoms. The van der Waals surface area contributed by atoms with E-state index in [1.165, 1.54) is 11.1 Å². The third kappa shape index (κ3) is 4.19. The summed E-state index contributed by atoms with van der Waals surface area (Å²) in [5.74, 6) is 0. The zero-order chi connectivity index (χ0) is 18.5. The number of benzene rings is 2. The Morgan fingerprint density at radius 3 is 2.74 bits per heavy atom. The van der Waals surface area contributed by atoms with Crippen LogP contribution in [0.25, 0.3) is 0 Å². The number of nitrogens with one attached hydrogen (secondary N) is 2. The highest BCUT2D eigenvalue weighted by Gasteiger charge is 2.21.